The average Bonchev–Trinajstić information content (AvgIpc) is 2.37. The molecule has 6 heteroatoms. The standard InChI is InChI=1S/C15H20N2O3S/c1-15(2,3)21(19,20)9-5-8-14(18)17-13-7-4-6-12(10-13)11-16/h4,6-7,10H,5,8-9H2,1-3H3,(H,17,18). The van der Waals surface area contributed by atoms with Crippen LogP contribution in [0.2, 0.25) is 0 Å². The Morgan fingerprint density at radius 1 is 1.33 bits per heavy atom. The molecule has 0 spiro atoms. The highest BCUT2D eigenvalue weighted by Gasteiger charge is 2.28. The van der Waals surface area contributed by atoms with Crippen molar-refractivity contribution >= 4 is 21.4 Å². The number of nitriles is 1. The smallest absolute Gasteiger partial charge is 0.224 e. The molecule has 0 aliphatic heterocycles. The lowest BCUT2D eigenvalue weighted by Crippen LogP contribution is -2.30. The monoisotopic (exact) mass is 308 g/mol. The molecule has 1 aromatic rings. The van der Waals surface area contributed by atoms with Gasteiger partial charge in [0.25, 0.3) is 0 Å². The quantitative estimate of drug-likeness (QED) is 0.905. The molecule has 5 nitrogen and oxygen atoms in total. The van der Waals surface area contributed by atoms with Crippen LogP contribution in [-0.2, 0) is 14.6 Å². The minimum atomic E-state index is -3.20. The molecule has 0 heterocycles. The van der Waals surface area contributed by atoms with Crippen molar-refractivity contribution in [1.29, 1.82) is 5.26 Å². The van der Waals surface area contributed by atoms with Crippen LogP contribution in [0.5, 0.6) is 0 Å². The molecule has 0 unspecified atom stereocenters. The van der Waals surface area contributed by atoms with Gasteiger partial charge in [-0.1, -0.05) is 6.07 Å². The van der Waals surface area contributed by atoms with Gasteiger partial charge < -0.3 is 5.32 Å². The van der Waals surface area contributed by atoms with Crippen molar-refractivity contribution in [3.05, 3.63) is 29.8 Å². The molecule has 1 amide bonds. The molecule has 1 aromatic carbocycles. The maximum absolute atomic E-state index is 11.9. The summed E-state index contributed by atoms with van der Waals surface area (Å²) in [5, 5.41) is 11.4. The number of amides is 1. The normalized spacial score (nSPS) is 11.7. The summed E-state index contributed by atoms with van der Waals surface area (Å²) in [6.45, 7) is 4.95. The lowest BCUT2D eigenvalue weighted by molar-refractivity contribution is -0.116. The van der Waals surface area contributed by atoms with Crippen molar-refractivity contribution in [3.8, 4) is 6.07 Å². The Labute approximate surface area is 125 Å². The van der Waals surface area contributed by atoms with Crippen LogP contribution in [0.3, 0.4) is 0 Å². The summed E-state index contributed by atoms with van der Waals surface area (Å²) in [5.41, 5.74) is 1.00. The second kappa shape index (κ2) is 6.72. The van der Waals surface area contributed by atoms with Crippen molar-refractivity contribution in [1.82, 2.24) is 0 Å². The minimum Gasteiger partial charge on any atom is -0.326 e. The first-order chi connectivity index (χ1) is 9.65. The van der Waals surface area contributed by atoms with Crippen LogP contribution < -0.4 is 5.32 Å². The Hall–Kier alpha value is -1.87. The molecule has 1 N–H and O–H groups in total. The predicted octanol–water partition coefficient (Wildman–Crippen LogP) is 2.49. The number of carbonyl (C=O) groups is 1. The van der Waals surface area contributed by atoms with Crippen molar-refractivity contribution in [2.75, 3.05) is 11.1 Å². The third-order valence-corrected chi connectivity index (χ3v) is 5.72. The fourth-order valence-corrected chi connectivity index (χ4v) is 2.76. The molecule has 1 rings (SSSR count). The van der Waals surface area contributed by atoms with Crippen LogP contribution in [-0.4, -0.2) is 24.8 Å². The van der Waals surface area contributed by atoms with Crippen molar-refractivity contribution in [3.63, 3.8) is 0 Å². The fraction of sp³-hybridized carbons (Fsp3) is 0.467. The second-order valence-electron chi connectivity index (χ2n) is 5.78. The molecule has 0 atom stereocenters. The molecular formula is C15H20N2O3S. The third kappa shape index (κ3) is 5.20. The van der Waals surface area contributed by atoms with Crippen molar-refractivity contribution < 1.29 is 13.2 Å². The zero-order chi connectivity index (χ0) is 16.1. The van der Waals surface area contributed by atoms with E-state index in [0.717, 1.165) is 0 Å². The molecule has 0 fully saturated rings. The summed E-state index contributed by atoms with van der Waals surface area (Å²) < 4.78 is 23.0. The molecule has 0 bridgehead atoms. The minimum absolute atomic E-state index is 0.0118. The Morgan fingerprint density at radius 2 is 2.00 bits per heavy atom. The second-order valence-corrected chi connectivity index (χ2v) is 8.64. The third-order valence-electron chi connectivity index (χ3n) is 3.03. The number of hydrogen-bond acceptors (Lipinski definition) is 4. The maximum atomic E-state index is 11.9. The van der Waals surface area contributed by atoms with Gasteiger partial charge in [0.2, 0.25) is 5.91 Å². The van der Waals surface area contributed by atoms with Gasteiger partial charge in [-0.3, -0.25) is 4.79 Å². The average molecular weight is 308 g/mol. The van der Waals surface area contributed by atoms with Crippen molar-refractivity contribution in [2.45, 2.75) is 38.4 Å². The number of benzene rings is 1. The number of anilines is 1. The number of nitrogens with zero attached hydrogens (tertiary/aromatic N) is 1. The van der Waals surface area contributed by atoms with Gasteiger partial charge in [0.05, 0.1) is 22.1 Å². The molecule has 0 saturated carbocycles. The molecule has 0 aromatic heterocycles. The number of carbonyl (C=O) groups excluding carboxylic acids is 1. The number of sulfone groups is 1. The lowest BCUT2D eigenvalue weighted by Gasteiger charge is -2.18. The number of hydrogen-bond donors (Lipinski definition) is 1. The van der Waals surface area contributed by atoms with E-state index in [-0.39, 0.29) is 24.5 Å². The predicted molar refractivity (Wildman–Crippen MR) is 82.6 cm³/mol. The van der Waals surface area contributed by atoms with E-state index >= 15 is 0 Å². The Morgan fingerprint density at radius 3 is 2.57 bits per heavy atom. The SMILES string of the molecule is CC(C)(C)S(=O)(=O)CCCC(=O)Nc1cccc(C#N)c1. The zero-order valence-electron chi connectivity index (χ0n) is 12.5. The highest BCUT2D eigenvalue weighted by atomic mass is 32.2. The van der Waals surface area contributed by atoms with Crippen LogP contribution in [0.15, 0.2) is 24.3 Å². The van der Waals surface area contributed by atoms with E-state index in [2.05, 4.69) is 5.32 Å². The van der Waals surface area contributed by atoms with Gasteiger partial charge in [-0.05, 0) is 45.4 Å². The fourth-order valence-electron chi connectivity index (χ4n) is 1.62. The first-order valence-electron chi connectivity index (χ1n) is 6.68. The molecule has 0 aliphatic carbocycles. The van der Waals surface area contributed by atoms with Gasteiger partial charge in [0.1, 0.15) is 0 Å². The summed E-state index contributed by atoms with van der Waals surface area (Å²) in [4.78, 5) is 11.8. The Bertz CT molecular complexity index is 652. The van der Waals surface area contributed by atoms with E-state index < -0.39 is 14.6 Å². The number of rotatable bonds is 5. The van der Waals surface area contributed by atoms with E-state index in [9.17, 15) is 13.2 Å². The largest absolute Gasteiger partial charge is 0.326 e. The topological polar surface area (TPSA) is 87.0 Å². The lowest BCUT2D eigenvalue weighted by atomic mass is 10.2. The number of nitrogens with one attached hydrogen (secondary N) is 1. The first-order valence-corrected chi connectivity index (χ1v) is 8.33. The zero-order valence-corrected chi connectivity index (χ0v) is 13.3. The Kier molecular flexibility index (Phi) is 5.50. The highest BCUT2D eigenvalue weighted by Crippen LogP contribution is 2.17. The highest BCUT2D eigenvalue weighted by molar-refractivity contribution is 7.92. The van der Waals surface area contributed by atoms with Crippen LogP contribution in [0.4, 0.5) is 5.69 Å². The van der Waals surface area contributed by atoms with E-state index in [4.69, 9.17) is 5.26 Å². The maximum Gasteiger partial charge on any atom is 0.224 e. The first kappa shape index (κ1) is 17.2. The van der Waals surface area contributed by atoms with E-state index in [1.54, 1.807) is 45.0 Å². The summed E-state index contributed by atoms with van der Waals surface area (Å²) in [7, 11) is -3.20. The van der Waals surface area contributed by atoms with Gasteiger partial charge in [0, 0.05) is 12.1 Å². The molecule has 0 aliphatic rings. The van der Waals surface area contributed by atoms with Gasteiger partial charge in [0.15, 0.2) is 9.84 Å². The molecule has 0 saturated heterocycles. The van der Waals surface area contributed by atoms with Gasteiger partial charge >= 0.3 is 0 Å². The van der Waals surface area contributed by atoms with E-state index in [1.807, 2.05) is 6.07 Å². The van der Waals surface area contributed by atoms with Crippen LogP contribution >= 0.6 is 0 Å². The van der Waals surface area contributed by atoms with E-state index in [0.29, 0.717) is 11.3 Å². The van der Waals surface area contributed by atoms with Crippen LogP contribution in [0.25, 0.3) is 0 Å². The van der Waals surface area contributed by atoms with Gasteiger partial charge in [-0.25, -0.2) is 8.42 Å². The molecule has 21 heavy (non-hydrogen) atoms. The van der Waals surface area contributed by atoms with Gasteiger partial charge in [-0.2, -0.15) is 5.26 Å². The van der Waals surface area contributed by atoms with Crippen molar-refractivity contribution in [2.24, 2.45) is 0 Å². The van der Waals surface area contributed by atoms with Crippen LogP contribution in [0, 0.1) is 11.3 Å². The summed E-state index contributed by atoms with van der Waals surface area (Å²) in [5.74, 6) is -0.267. The van der Waals surface area contributed by atoms with Gasteiger partial charge in [-0.15, -0.1) is 0 Å². The summed E-state index contributed by atoms with van der Waals surface area (Å²) in [6.07, 6.45) is 0.412. The molecule has 0 radical (unpaired) electrons. The van der Waals surface area contributed by atoms with E-state index in [1.165, 1.54) is 0 Å². The van der Waals surface area contributed by atoms with Crippen LogP contribution in [0.1, 0.15) is 39.2 Å². The summed E-state index contributed by atoms with van der Waals surface area (Å²) >= 11 is 0. The summed E-state index contributed by atoms with van der Waals surface area (Å²) in [6, 6.07) is 8.57. The Balaban J connectivity index is 2.51. The molecular weight excluding hydrogens is 288 g/mol. The molecule has 114 valence electrons.